The minimum Gasteiger partial charge on any atom is -0.493 e. The lowest BCUT2D eigenvalue weighted by Gasteiger charge is -2.13. The predicted molar refractivity (Wildman–Crippen MR) is 108 cm³/mol. The molecule has 0 fully saturated rings. The summed E-state index contributed by atoms with van der Waals surface area (Å²) >= 11 is 1.46. The number of hydrogen-bond donors (Lipinski definition) is 0. The van der Waals surface area contributed by atoms with Crippen LogP contribution >= 0.6 is 11.3 Å². The Hall–Kier alpha value is -3.13. The molecular weight excluding hydrogens is 376 g/mol. The number of aryl methyl sites for hydroxylation is 1. The zero-order chi connectivity index (χ0) is 19.7. The van der Waals surface area contributed by atoms with Gasteiger partial charge in [-0.1, -0.05) is 35.6 Å². The first-order chi connectivity index (χ1) is 13.6. The van der Waals surface area contributed by atoms with E-state index in [2.05, 4.69) is 29.3 Å². The number of hydrogen-bond acceptors (Lipinski definition) is 7. The summed E-state index contributed by atoms with van der Waals surface area (Å²) in [6.45, 7) is 2.09. The molecule has 0 bridgehead atoms. The van der Waals surface area contributed by atoms with Gasteiger partial charge in [0.2, 0.25) is 10.7 Å². The second-order valence-corrected chi connectivity index (χ2v) is 7.19. The molecule has 2 aromatic heterocycles. The van der Waals surface area contributed by atoms with Crippen LogP contribution in [0.4, 0.5) is 0 Å². The number of nitrogens with zero attached hydrogens (tertiary/aromatic N) is 4. The minimum absolute atomic E-state index is 0.553. The van der Waals surface area contributed by atoms with E-state index in [1.807, 2.05) is 24.3 Å². The number of fused-ring (bicyclic) bond motifs is 1. The minimum atomic E-state index is 0.553. The van der Waals surface area contributed by atoms with Crippen LogP contribution in [0.2, 0.25) is 0 Å². The summed E-state index contributed by atoms with van der Waals surface area (Å²) in [7, 11) is 4.78. The van der Waals surface area contributed by atoms with Gasteiger partial charge < -0.3 is 14.2 Å². The van der Waals surface area contributed by atoms with Gasteiger partial charge in [-0.25, -0.2) is 0 Å². The Kier molecular flexibility index (Phi) is 4.87. The second-order valence-electron chi connectivity index (χ2n) is 6.24. The molecule has 2 heterocycles. The smallest absolute Gasteiger partial charge is 0.234 e. The van der Waals surface area contributed by atoms with Crippen molar-refractivity contribution in [3.63, 3.8) is 0 Å². The Bertz CT molecular complexity index is 1110. The lowest BCUT2D eigenvalue weighted by molar-refractivity contribution is 0.324. The molecule has 0 saturated carbocycles. The summed E-state index contributed by atoms with van der Waals surface area (Å²) in [5.74, 6) is 2.53. The zero-order valence-electron chi connectivity index (χ0n) is 16.1. The molecule has 0 aliphatic rings. The third-order valence-corrected chi connectivity index (χ3v) is 5.52. The van der Waals surface area contributed by atoms with E-state index in [-0.39, 0.29) is 0 Å². The van der Waals surface area contributed by atoms with Crippen LogP contribution in [-0.4, -0.2) is 41.1 Å². The van der Waals surface area contributed by atoms with Crippen LogP contribution in [0.15, 0.2) is 36.4 Å². The molecular formula is C20H20N4O3S. The second kappa shape index (κ2) is 7.47. The van der Waals surface area contributed by atoms with E-state index in [0.29, 0.717) is 23.7 Å². The van der Waals surface area contributed by atoms with Crippen molar-refractivity contribution in [1.29, 1.82) is 0 Å². The lowest BCUT2D eigenvalue weighted by atomic mass is 10.1. The maximum atomic E-state index is 5.45. The van der Waals surface area contributed by atoms with Crippen LogP contribution in [-0.2, 0) is 6.42 Å². The van der Waals surface area contributed by atoms with Crippen molar-refractivity contribution < 1.29 is 14.2 Å². The number of aromatic nitrogens is 4. The average Bonchev–Trinajstić information content (AvgIpc) is 3.30. The third-order valence-electron chi connectivity index (χ3n) is 4.58. The van der Waals surface area contributed by atoms with E-state index >= 15 is 0 Å². The number of benzene rings is 2. The Labute approximate surface area is 166 Å². The molecule has 0 unspecified atom stereocenters. The lowest BCUT2D eigenvalue weighted by Crippen LogP contribution is -1.99. The van der Waals surface area contributed by atoms with E-state index in [1.54, 1.807) is 25.8 Å². The van der Waals surface area contributed by atoms with Crippen molar-refractivity contribution in [2.45, 2.75) is 13.3 Å². The van der Waals surface area contributed by atoms with Gasteiger partial charge in [-0.15, -0.1) is 10.2 Å². The predicted octanol–water partition coefficient (Wildman–Crippen LogP) is 3.78. The van der Waals surface area contributed by atoms with Crippen LogP contribution in [0.1, 0.15) is 17.0 Å². The van der Waals surface area contributed by atoms with Gasteiger partial charge in [-0.05, 0) is 30.2 Å². The fourth-order valence-electron chi connectivity index (χ4n) is 3.07. The summed E-state index contributed by atoms with van der Waals surface area (Å²) in [5, 5.41) is 14.1. The van der Waals surface area contributed by atoms with E-state index in [9.17, 15) is 0 Å². The molecule has 0 N–H and O–H groups in total. The van der Waals surface area contributed by atoms with Gasteiger partial charge in [-0.2, -0.15) is 9.61 Å². The molecule has 0 aliphatic carbocycles. The fraction of sp³-hybridized carbons (Fsp3) is 0.250. The normalized spacial score (nSPS) is 11.0. The van der Waals surface area contributed by atoms with Gasteiger partial charge in [0.1, 0.15) is 5.01 Å². The van der Waals surface area contributed by atoms with Crippen molar-refractivity contribution in [3.8, 4) is 27.8 Å². The molecule has 7 nitrogen and oxygen atoms in total. The van der Waals surface area contributed by atoms with Crippen LogP contribution in [0.3, 0.4) is 0 Å². The Balaban J connectivity index is 1.75. The molecule has 2 aromatic carbocycles. The highest BCUT2D eigenvalue weighted by Crippen LogP contribution is 2.41. The number of methoxy groups -OCH3 is 3. The number of ether oxygens (including phenoxy) is 3. The molecule has 0 atom stereocenters. The SMILES string of the molecule is COc1cc(-c2nn3c(Cc4ccccc4C)nnc3s2)cc(OC)c1OC. The van der Waals surface area contributed by atoms with Crippen molar-refractivity contribution in [3.05, 3.63) is 53.3 Å². The van der Waals surface area contributed by atoms with E-state index in [0.717, 1.165) is 21.4 Å². The van der Waals surface area contributed by atoms with Crippen LogP contribution < -0.4 is 14.2 Å². The molecule has 8 heteroatoms. The Morgan fingerprint density at radius 2 is 1.68 bits per heavy atom. The van der Waals surface area contributed by atoms with E-state index < -0.39 is 0 Å². The van der Waals surface area contributed by atoms with Crippen molar-refractivity contribution in [2.75, 3.05) is 21.3 Å². The van der Waals surface area contributed by atoms with E-state index in [4.69, 9.17) is 19.3 Å². The summed E-state index contributed by atoms with van der Waals surface area (Å²) < 4.78 is 18.1. The molecule has 0 spiro atoms. The molecule has 0 saturated heterocycles. The monoisotopic (exact) mass is 396 g/mol. The largest absolute Gasteiger partial charge is 0.493 e. The quantitative estimate of drug-likeness (QED) is 0.494. The Morgan fingerprint density at radius 3 is 2.32 bits per heavy atom. The fourth-order valence-corrected chi connectivity index (χ4v) is 3.91. The maximum absolute atomic E-state index is 5.45. The molecule has 4 rings (SSSR count). The standard InChI is InChI=1S/C20H20N4O3S/c1-12-7-5-6-8-13(12)11-17-21-22-20-24(17)23-19(28-20)14-9-15(25-2)18(27-4)16(10-14)26-3/h5-10H,11H2,1-4H3. The van der Waals surface area contributed by atoms with Gasteiger partial charge >= 0.3 is 0 Å². The molecule has 144 valence electrons. The molecule has 0 aliphatic heterocycles. The molecule has 0 amide bonds. The van der Waals surface area contributed by atoms with Gasteiger partial charge in [0.05, 0.1) is 21.3 Å². The topological polar surface area (TPSA) is 70.8 Å². The summed E-state index contributed by atoms with van der Waals surface area (Å²) in [6, 6.07) is 12.0. The van der Waals surface area contributed by atoms with Crippen molar-refractivity contribution in [1.82, 2.24) is 19.8 Å². The van der Waals surface area contributed by atoms with Gasteiger partial charge in [0.25, 0.3) is 0 Å². The first-order valence-electron chi connectivity index (χ1n) is 8.70. The van der Waals surface area contributed by atoms with Gasteiger partial charge in [0, 0.05) is 12.0 Å². The summed E-state index contributed by atoms with van der Waals surface area (Å²) in [6.07, 6.45) is 0.673. The summed E-state index contributed by atoms with van der Waals surface area (Å²) in [4.78, 5) is 0.743. The van der Waals surface area contributed by atoms with Gasteiger partial charge in [0.15, 0.2) is 17.3 Å². The molecule has 28 heavy (non-hydrogen) atoms. The van der Waals surface area contributed by atoms with Crippen LogP contribution in [0, 0.1) is 6.92 Å². The highest BCUT2D eigenvalue weighted by molar-refractivity contribution is 7.19. The van der Waals surface area contributed by atoms with Crippen LogP contribution in [0.5, 0.6) is 17.2 Å². The van der Waals surface area contributed by atoms with Gasteiger partial charge in [-0.3, -0.25) is 0 Å². The molecule has 4 aromatic rings. The van der Waals surface area contributed by atoms with Crippen molar-refractivity contribution >= 4 is 16.3 Å². The first-order valence-corrected chi connectivity index (χ1v) is 9.52. The van der Waals surface area contributed by atoms with E-state index in [1.165, 1.54) is 22.5 Å². The average molecular weight is 396 g/mol. The molecule has 0 radical (unpaired) electrons. The first kappa shape index (κ1) is 18.2. The Morgan fingerprint density at radius 1 is 0.964 bits per heavy atom. The number of rotatable bonds is 6. The highest BCUT2D eigenvalue weighted by Gasteiger charge is 2.18. The summed E-state index contributed by atoms with van der Waals surface area (Å²) in [5.41, 5.74) is 3.30. The highest BCUT2D eigenvalue weighted by atomic mass is 32.1. The zero-order valence-corrected chi connectivity index (χ0v) is 16.9. The van der Waals surface area contributed by atoms with Crippen molar-refractivity contribution in [2.24, 2.45) is 0 Å². The maximum Gasteiger partial charge on any atom is 0.234 e. The third kappa shape index (κ3) is 3.16. The van der Waals surface area contributed by atoms with Crippen LogP contribution in [0.25, 0.3) is 15.5 Å².